The molecule has 0 N–H and O–H groups in total. The topological polar surface area (TPSA) is 0 Å². The minimum atomic E-state index is 1.12. The Kier molecular flexibility index (Phi) is 1.13. The highest BCUT2D eigenvalue weighted by Gasteiger charge is 2.02. The van der Waals surface area contributed by atoms with E-state index in [0.717, 1.165) is 6.42 Å². The molecule has 1 aromatic rings. The fourth-order valence-corrected chi connectivity index (χ4v) is 1.37. The van der Waals surface area contributed by atoms with Crippen LogP contribution in [0.15, 0.2) is 24.3 Å². The van der Waals surface area contributed by atoms with Crippen molar-refractivity contribution < 1.29 is 0 Å². The average Bonchev–Trinajstić information content (AvgIpc) is 2.33. The molecule has 1 aliphatic rings. The molecule has 0 bridgehead atoms. The van der Waals surface area contributed by atoms with Crippen molar-refractivity contribution in [1.29, 1.82) is 0 Å². The molecule has 0 saturated heterocycles. The average molecular weight is 130 g/mol. The Balaban J connectivity index is 2.60. The molecule has 0 nitrogen and oxygen atoms in total. The van der Waals surface area contributed by atoms with Gasteiger partial charge in [-0.3, -0.25) is 0 Å². The highest BCUT2D eigenvalue weighted by molar-refractivity contribution is 5.60. The lowest BCUT2D eigenvalue weighted by molar-refractivity contribution is 1.29. The smallest absolute Gasteiger partial charge is 0.00882 e. The molecular formula is C10H10. The van der Waals surface area contributed by atoms with Crippen LogP contribution >= 0.6 is 0 Å². The molecule has 0 unspecified atom stereocenters. The fourth-order valence-electron chi connectivity index (χ4n) is 1.37. The number of benzene rings is 1. The van der Waals surface area contributed by atoms with Crippen LogP contribution in [0.5, 0.6) is 0 Å². The zero-order valence-corrected chi connectivity index (χ0v) is 6.09. The van der Waals surface area contributed by atoms with E-state index in [9.17, 15) is 0 Å². The number of fused-ring (bicyclic) bond motifs is 1. The fraction of sp³-hybridized carbons (Fsp3) is 0.200. The van der Waals surface area contributed by atoms with Gasteiger partial charge in [-0.05, 0) is 24.5 Å². The zero-order valence-electron chi connectivity index (χ0n) is 6.09. The molecule has 2 rings (SSSR count). The van der Waals surface area contributed by atoms with Crippen molar-refractivity contribution in [2.75, 3.05) is 0 Å². The number of hydrogen-bond acceptors (Lipinski definition) is 0. The predicted molar refractivity (Wildman–Crippen MR) is 43.9 cm³/mol. The van der Waals surface area contributed by atoms with Gasteiger partial charge in [0.1, 0.15) is 0 Å². The Morgan fingerprint density at radius 1 is 1.30 bits per heavy atom. The first-order valence-electron chi connectivity index (χ1n) is 3.62. The summed E-state index contributed by atoms with van der Waals surface area (Å²) in [5.41, 5.74) is 4.22. The summed E-state index contributed by atoms with van der Waals surface area (Å²) in [6.45, 7) is 2.13. The van der Waals surface area contributed by atoms with Crippen molar-refractivity contribution in [3.05, 3.63) is 41.0 Å². The number of hydrogen-bond donors (Lipinski definition) is 0. The summed E-state index contributed by atoms with van der Waals surface area (Å²) in [6.07, 6.45) is 5.53. The van der Waals surface area contributed by atoms with Crippen LogP contribution in [0.3, 0.4) is 0 Å². The molecule has 0 saturated carbocycles. The second kappa shape index (κ2) is 1.98. The monoisotopic (exact) mass is 130 g/mol. The lowest BCUT2D eigenvalue weighted by atomic mass is 10.1. The van der Waals surface area contributed by atoms with E-state index in [-0.39, 0.29) is 0 Å². The summed E-state index contributed by atoms with van der Waals surface area (Å²) in [5, 5.41) is 0. The molecule has 0 atom stereocenters. The first-order chi connectivity index (χ1) is 4.86. The van der Waals surface area contributed by atoms with E-state index in [0.29, 0.717) is 0 Å². The molecule has 0 heterocycles. The third-order valence-corrected chi connectivity index (χ3v) is 1.94. The van der Waals surface area contributed by atoms with Gasteiger partial charge in [0, 0.05) is 0 Å². The number of allylic oxidation sites excluding steroid dienone is 1. The Morgan fingerprint density at radius 3 is 3.10 bits per heavy atom. The minimum Gasteiger partial charge on any atom is -0.0795 e. The van der Waals surface area contributed by atoms with Gasteiger partial charge in [0.25, 0.3) is 0 Å². The van der Waals surface area contributed by atoms with Crippen molar-refractivity contribution in [3.8, 4) is 0 Å². The molecular weight excluding hydrogens is 120 g/mol. The van der Waals surface area contributed by atoms with Gasteiger partial charge in [-0.2, -0.15) is 0 Å². The Morgan fingerprint density at radius 2 is 2.20 bits per heavy atom. The maximum absolute atomic E-state index is 2.23. The van der Waals surface area contributed by atoms with E-state index < -0.39 is 0 Å². The maximum Gasteiger partial charge on any atom is -0.00882 e. The molecule has 1 aliphatic carbocycles. The third-order valence-electron chi connectivity index (χ3n) is 1.94. The predicted octanol–water partition coefficient (Wildman–Crippen LogP) is 2.56. The molecule has 0 aliphatic heterocycles. The van der Waals surface area contributed by atoms with Crippen LogP contribution in [0.25, 0.3) is 6.08 Å². The van der Waals surface area contributed by atoms with Crippen molar-refractivity contribution in [2.24, 2.45) is 0 Å². The number of aryl methyl sites for hydroxylation is 1. The molecule has 0 radical (unpaired) electrons. The highest BCUT2D eigenvalue weighted by atomic mass is 14.1. The lowest BCUT2D eigenvalue weighted by Gasteiger charge is -1.97. The quantitative estimate of drug-likeness (QED) is 0.506. The van der Waals surface area contributed by atoms with Gasteiger partial charge in [0.05, 0.1) is 0 Å². The van der Waals surface area contributed by atoms with Gasteiger partial charge in [0.2, 0.25) is 0 Å². The van der Waals surface area contributed by atoms with Gasteiger partial charge in [-0.25, -0.2) is 0 Å². The first-order valence-corrected chi connectivity index (χ1v) is 3.62. The first kappa shape index (κ1) is 5.72. The van der Waals surface area contributed by atoms with E-state index >= 15 is 0 Å². The molecule has 1 aromatic carbocycles. The van der Waals surface area contributed by atoms with Crippen molar-refractivity contribution in [1.82, 2.24) is 0 Å². The highest BCUT2D eigenvalue weighted by Crippen LogP contribution is 2.19. The standard InChI is InChI=1S/C10H10/c1-8-5-6-9-3-2-4-10(9)7-8/h2,4-7H,3H2,1H3. The van der Waals surface area contributed by atoms with Gasteiger partial charge in [-0.1, -0.05) is 35.9 Å². The van der Waals surface area contributed by atoms with Gasteiger partial charge in [0.15, 0.2) is 0 Å². The Labute approximate surface area is 61.2 Å². The maximum atomic E-state index is 2.23. The van der Waals surface area contributed by atoms with Crippen LogP contribution < -0.4 is 0 Å². The molecule has 0 heteroatoms. The lowest BCUT2D eigenvalue weighted by Crippen LogP contribution is -1.81. The van der Waals surface area contributed by atoms with Crippen molar-refractivity contribution >= 4 is 6.08 Å². The molecule has 0 fully saturated rings. The molecule has 0 aromatic heterocycles. The van der Waals surface area contributed by atoms with Crippen molar-refractivity contribution in [2.45, 2.75) is 13.3 Å². The van der Waals surface area contributed by atoms with E-state index in [1.54, 1.807) is 0 Å². The van der Waals surface area contributed by atoms with Gasteiger partial charge in [-0.15, -0.1) is 0 Å². The summed E-state index contributed by atoms with van der Waals surface area (Å²) >= 11 is 0. The normalized spacial score (nSPS) is 13.7. The summed E-state index contributed by atoms with van der Waals surface area (Å²) in [4.78, 5) is 0. The minimum absolute atomic E-state index is 1.12. The van der Waals surface area contributed by atoms with Crippen LogP contribution in [-0.4, -0.2) is 0 Å². The Hall–Kier alpha value is -1.04. The molecule has 0 amide bonds. The van der Waals surface area contributed by atoms with Crippen LogP contribution in [0.1, 0.15) is 16.7 Å². The summed E-state index contributed by atoms with van der Waals surface area (Å²) in [6, 6.07) is 6.62. The molecule has 50 valence electrons. The summed E-state index contributed by atoms with van der Waals surface area (Å²) in [5.74, 6) is 0. The zero-order chi connectivity index (χ0) is 6.97. The van der Waals surface area contributed by atoms with Gasteiger partial charge >= 0.3 is 0 Å². The second-order valence-electron chi connectivity index (χ2n) is 2.81. The van der Waals surface area contributed by atoms with Gasteiger partial charge < -0.3 is 0 Å². The van der Waals surface area contributed by atoms with Crippen LogP contribution in [0.4, 0.5) is 0 Å². The molecule has 0 spiro atoms. The van der Waals surface area contributed by atoms with E-state index in [2.05, 4.69) is 37.3 Å². The van der Waals surface area contributed by atoms with Crippen molar-refractivity contribution in [3.63, 3.8) is 0 Å². The largest absolute Gasteiger partial charge is 0.0795 e. The summed E-state index contributed by atoms with van der Waals surface area (Å²) in [7, 11) is 0. The van der Waals surface area contributed by atoms with Crippen LogP contribution in [-0.2, 0) is 6.42 Å². The van der Waals surface area contributed by atoms with Crippen LogP contribution in [0, 0.1) is 6.92 Å². The second-order valence-corrected chi connectivity index (χ2v) is 2.81. The van der Waals surface area contributed by atoms with E-state index in [4.69, 9.17) is 0 Å². The van der Waals surface area contributed by atoms with Crippen LogP contribution in [0.2, 0.25) is 0 Å². The van der Waals surface area contributed by atoms with E-state index in [1.165, 1.54) is 16.7 Å². The molecule has 10 heavy (non-hydrogen) atoms. The third kappa shape index (κ3) is 0.766. The SMILES string of the molecule is Cc1ccc2c(c1)C=CC2. The summed E-state index contributed by atoms with van der Waals surface area (Å²) < 4.78 is 0. The van der Waals surface area contributed by atoms with E-state index in [1.807, 2.05) is 0 Å². The number of rotatable bonds is 0. The Bertz CT molecular complexity index is 282.